The molecule has 0 aliphatic rings. The number of nitrogens with zero attached hydrogens (tertiary/aromatic N) is 3. The van der Waals surface area contributed by atoms with Gasteiger partial charge in [0.1, 0.15) is 17.2 Å². The molecule has 0 fully saturated rings. The Kier molecular flexibility index (Phi) is 2.45. The van der Waals surface area contributed by atoms with Gasteiger partial charge in [-0.25, -0.2) is 4.98 Å². The second-order valence-electron chi connectivity index (χ2n) is 3.53. The van der Waals surface area contributed by atoms with Gasteiger partial charge in [-0.05, 0) is 12.1 Å². The molecular weight excluding hydrogens is 254 g/mol. The molecule has 0 bridgehead atoms. The van der Waals surface area contributed by atoms with Crippen LogP contribution in [0.25, 0.3) is 23.0 Å². The highest BCUT2D eigenvalue weighted by molar-refractivity contribution is 7.07. The Morgan fingerprint density at radius 3 is 2.56 bits per heavy atom. The van der Waals surface area contributed by atoms with E-state index in [1.807, 2.05) is 0 Å². The predicted octanol–water partition coefficient (Wildman–Crippen LogP) is 2.27. The normalized spacial score (nSPS) is 10.7. The summed E-state index contributed by atoms with van der Waals surface area (Å²) in [6.07, 6.45) is 0. The van der Waals surface area contributed by atoms with Crippen molar-refractivity contribution in [2.45, 2.75) is 0 Å². The number of thiazole rings is 1. The third-order valence-electron chi connectivity index (χ3n) is 2.24. The van der Waals surface area contributed by atoms with Crippen LogP contribution in [0, 0.1) is 0 Å². The number of aromatic hydroxyl groups is 2. The minimum atomic E-state index is -0.0709. The molecule has 2 aromatic heterocycles. The fraction of sp³-hybridized carbons (Fsp3) is 0. The Morgan fingerprint density at radius 2 is 1.89 bits per heavy atom. The first-order valence-electron chi connectivity index (χ1n) is 4.98. The highest BCUT2D eigenvalue weighted by Gasteiger charge is 2.13. The van der Waals surface area contributed by atoms with Gasteiger partial charge in [0, 0.05) is 17.0 Å². The number of hydrogen-bond acceptors (Lipinski definition) is 7. The average Bonchev–Trinajstić information content (AvgIpc) is 2.99. The van der Waals surface area contributed by atoms with E-state index in [2.05, 4.69) is 15.1 Å². The van der Waals surface area contributed by atoms with E-state index >= 15 is 0 Å². The third kappa shape index (κ3) is 1.91. The Bertz CT molecular complexity index is 658. The Labute approximate surface area is 105 Å². The molecule has 18 heavy (non-hydrogen) atoms. The Hall–Kier alpha value is -2.41. The SMILES string of the molecule is Oc1cc(O)cc(-c2nc(-c3cscn3)no2)c1. The summed E-state index contributed by atoms with van der Waals surface area (Å²) >= 11 is 1.43. The van der Waals surface area contributed by atoms with E-state index in [1.165, 1.54) is 29.5 Å². The van der Waals surface area contributed by atoms with Gasteiger partial charge in [-0.15, -0.1) is 11.3 Å². The van der Waals surface area contributed by atoms with Gasteiger partial charge in [0.2, 0.25) is 5.82 Å². The van der Waals surface area contributed by atoms with E-state index in [9.17, 15) is 10.2 Å². The monoisotopic (exact) mass is 261 g/mol. The Balaban J connectivity index is 2.03. The van der Waals surface area contributed by atoms with Crippen molar-refractivity contribution in [1.82, 2.24) is 15.1 Å². The average molecular weight is 261 g/mol. The molecule has 0 aliphatic carbocycles. The molecule has 2 heterocycles. The molecule has 3 rings (SSSR count). The van der Waals surface area contributed by atoms with E-state index in [0.717, 1.165) is 0 Å². The smallest absolute Gasteiger partial charge is 0.258 e. The number of phenols is 2. The van der Waals surface area contributed by atoms with E-state index in [4.69, 9.17) is 4.52 Å². The molecule has 0 spiro atoms. The van der Waals surface area contributed by atoms with Crippen LogP contribution in [0.1, 0.15) is 0 Å². The Morgan fingerprint density at radius 1 is 1.11 bits per heavy atom. The summed E-state index contributed by atoms with van der Waals surface area (Å²) in [7, 11) is 0. The van der Waals surface area contributed by atoms with Crippen molar-refractivity contribution in [3.8, 4) is 34.5 Å². The maximum Gasteiger partial charge on any atom is 0.258 e. The van der Waals surface area contributed by atoms with E-state index in [1.54, 1.807) is 10.9 Å². The van der Waals surface area contributed by atoms with Crippen molar-refractivity contribution in [3.63, 3.8) is 0 Å². The van der Waals surface area contributed by atoms with Gasteiger partial charge in [-0.1, -0.05) is 5.16 Å². The van der Waals surface area contributed by atoms with Crippen molar-refractivity contribution in [2.24, 2.45) is 0 Å². The summed E-state index contributed by atoms with van der Waals surface area (Å²) in [5.41, 5.74) is 2.74. The van der Waals surface area contributed by atoms with Crippen molar-refractivity contribution < 1.29 is 14.7 Å². The lowest BCUT2D eigenvalue weighted by Crippen LogP contribution is -1.81. The van der Waals surface area contributed by atoms with Crippen LogP contribution in [0.4, 0.5) is 0 Å². The lowest BCUT2D eigenvalue weighted by Gasteiger charge is -1.97. The van der Waals surface area contributed by atoms with Crippen LogP contribution < -0.4 is 0 Å². The molecule has 0 unspecified atom stereocenters. The second-order valence-corrected chi connectivity index (χ2v) is 4.25. The highest BCUT2D eigenvalue weighted by Crippen LogP contribution is 2.28. The second kappa shape index (κ2) is 4.11. The van der Waals surface area contributed by atoms with Gasteiger partial charge in [0.15, 0.2) is 0 Å². The van der Waals surface area contributed by atoms with Gasteiger partial charge in [0.25, 0.3) is 5.89 Å². The van der Waals surface area contributed by atoms with Crippen LogP contribution >= 0.6 is 11.3 Å². The van der Waals surface area contributed by atoms with Crippen molar-refractivity contribution >= 4 is 11.3 Å². The van der Waals surface area contributed by atoms with Gasteiger partial charge < -0.3 is 14.7 Å². The molecule has 0 radical (unpaired) electrons. The summed E-state index contributed by atoms with van der Waals surface area (Å²) in [6.45, 7) is 0. The van der Waals surface area contributed by atoms with E-state index < -0.39 is 0 Å². The maximum absolute atomic E-state index is 9.39. The standard InChI is InChI=1S/C11H7N3O3S/c15-7-1-6(2-8(16)3-7)11-13-10(14-17-11)9-4-18-5-12-9/h1-5,15-16H. The zero-order valence-corrected chi connectivity index (χ0v) is 9.76. The quantitative estimate of drug-likeness (QED) is 0.735. The van der Waals surface area contributed by atoms with Crippen LogP contribution in [0.15, 0.2) is 33.6 Å². The van der Waals surface area contributed by atoms with Crippen LogP contribution in [-0.4, -0.2) is 25.3 Å². The number of aromatic nitrogens is 3. The molecule has 6 nitrogen and oxygen atoms in total. The van der Waals surface area contributed by atoms with Gasteiger partial charge >= 0.3 is 0 Å². The minimum absolute atomic E-state index is 0.0709. The van der Waals surface area contributed by atoms with Crippen molar-refractivity contribution in [2.75, 3.05) is 0 Å². The molecule has 3 aromatic rings. The minimum Gasteiger partial charge on any atom is -0.508 e. The van der Waals surface area contributed by atoms with Crippen LogP contribution in [0.5, 0.6) is 11.5 Å². The van der Waals surface area contributed by atoms with Crippen LogP contribution in [-0.2, 0) is 0 Å². The molecule has 0 aliphatic heterocycles. The fourth-order valence-corrected chi connectivity index (χ4v) is 2.02. The lowest BCUT2D eigenvalue weighted by atomic mass is 10.2. The van der Waals surface area contributed by atoms with Gasteiger partial charge in [-0.3, -0.25) is 0 Å². The first-order valence-corrected chi connectivity index (χ1v) is 5.92. The summed E-state index contributed by atoms with van der Waals surface area (Å²) in [6, 6.07) is 4.08. The van der Waals surface area contributed by atoms with E-state index in [0.29, 0.717) is 17.1 Å². The number of rotatable bonds is 2. The zero-order valence-electron chi connectivity index (χ0n) is 8.94. The number of hydrogen-bond donors (Lipinski definition) is 2. The highest BCUT2D eigenvalue weighted by atomic mass is 32.1. The van der Waals surface area contributed by atoms with Crippen LogP contribution in [0.3, 0.4) is 0 Å². The fourth-order valence-electron chi connectivity index (χ4n) is 1.49. The largest absolute Gasteiger partial charge is 0.508 e. The molecular formula is C11H7N3O3S. The predicted molar refractivity (Wildman–Crippen MR) is 64.2 cm³/mol. The third-order valence-corrected chi connectivity index (χ3v) is 2.82. The zero-order chi connectivity index (χ0) is 12.5. The molecule has 1 aromatic carbocycles. The first kappa shape index (κ1) is 10.7. The molecule has 0 saturated carbocycles. The van der Waals surface area contributed by atoms with Crippen LogP contribution in [0.2, 0.25) is 0 Å². The number of benzene rings is 1. The summed E-state index contributed by atoms with van der Waals surface area (Å²) in [5.74, 6) is 0.440. The number of phenolic OH excluding ortho intramolecular Hbond substituents is 2. The lowest BCUT2D eigenvalue weighted by molar-refractivity contribution is 0.428. The van der Waals surface area contributed by atoms with Gasteiger partial charge in [0.05, 0.1) is 5.51 Å². The van der Waals surface area contributed by atoms with E-state index in [-0.39, 0.29) is 17.4 Å². The maximum atomic E-state index is 9.39. The molecule has 0 saturated heterocycles. The summed E-state index contributed by atoms with van der Waals surface area (Å²) in [5, 5.41) is 24.4. The van der Waals surface area contributed by atoms with Crippen molar-refractivity contribution in [1.29, 1.82) is 0 Å². The molecule has 90 valence electrons. The molecule has 0 amide bonds. The molecule has 2 N–H and O–H groups in total. The van der Waals surface area contributed by atoms with Crippen molar-refractivity contribution in [3.05, 3.63) is 29.1 Å². The summed E-state index contributed by atoms with van der Waals surface area (Å²) < 4.78 is 5.07. The topological polar surface area (TPSA) is 92.3 Å². The molecule has 7 heteroatoms. The van der Waals surface area contributed by atoms with Gasteiger partial charge in [-0.2, -0.15) is 4.98 Å². The first-order chi connectivity index (χ1) is 8.72. The summed E-state index contributed by atoms with van der Waals surface area (Å²) in [4.78, 5) is 8.21. The molecule has 0 atom stereocenters.